The molecule has 0 aliphatic carbocycles. The van der Waals surface area contributed by atoms with Gasteiger partial charge in [0.25, 0.3) is 0 Å². The van der Waals surface area contributed by atoms with Gasteiger partial charge in [-0.1, -0.05) is 12.1 Å². The third-order valence-electron chi connectivity index (χ3n) is 2.56. The summed E-state index contributed by atoms with van der Waals surface area (Å²) in [5.74, 6) is 0. The molecule has 96 valence electrons. The van der Waals surface area contributed by atoms with Crippen LogP contribution in [0.1, 0.15) is 25.0 Å². The summed E-state index contributed by atoms with van der Waals surface area (Å²) in [6.45, 7) is 10.1. The molecule has 0 radical (unpaired) electrons. The van der Waals surface area contributed by atoms with Crippen molar-refractivity contribution in [2.75, 3.05) is 25.1 Å². The van der Waals surface area contributed by atoms with Gasteiger partial charge in [-0.3, -0.25) is 0 Å². The minimum absolute atomic E-state index is 0.176. The first-order valence-electron chi connectivity index (χ1n) is 6.21. The highest BCUT2D eigenvalue weighted by atomic mass is 16.7. The van der Waals surface area contributed by atoms with E-state index in [-0.39, 0.29) is 6.29 Å². The highest BCUT2D eigenvalue weighted by Gasteiger charge is 2.08. The second kappa shape index (κ2) is 7.30. The maximum atomic E-state index is 5.49. The Labute approximate surface area is 104 Å². The average Bonchev–Trinajstić information content (AvgIpc) is 2.30. The topological polar surface area (TPSA) is 30.5 Å². The zero-order valence-corrected chi connectivity index (χ0v) is 11.2. The van der Waals surface area contributed by atoms with E-state index in [4.69, 9.17) is 9.47 Å². The van der Waals surface area contributed by atoms with Crippen molar-refractivity contribution in [2.24, 2.45) is 0 Å². The quantitative estimate of drug-likeness (QED) is 0.739. The van der Waals surface area contributed by atoms with Crippen molar-refractivity contribution in [3.63, 3.8) is 0 Å². The van der Waals surface area contributed by atoms with E-state index < -0.39 is 0 Å². The first-order chi connectivity index (χ1) is 8.17. The van der Waals surface area contributed by atoms with Crippen LogP contribution in [-0.2, 0) is 9.47 Å². The van der Waals surface area contributed by atoms with Crippen LogP contribution in [0.3, 0.4) is 0 Å². The van der Waals surface area contributed by atoms with Crippen LogP contribution in [0.5, 0.6) is 0 Å². The molecule has 0 saturated heterocycles. The Hall–Kier alpha value is -1.06. The van der Waals surface area contributed by atoms with E-state index in [0.29, 0.717) is 19.8 Å². The van der Waals surface area contributed by atoms with Gasteiger partial charge in [-0.2, -0.15) is 0 Å². The van der Waals surface area contributed by atoms with E-state index in [9.17, 15) is 0 Å². The lowest BCUT2D eigenvalue weighted by Crippen LogP contribution is -2.26. The minimum Gasteiger partial charge on any atom is -0.380 e. The Morgan fingerprint density at radius 1 is 1.12 bits per heavy atom. The summed E-state index contributed by atoms with van der Waals surface area (Å²) in [6.07, 6.45) is -0.176. The molecule has 0 aliphatic heterocycles. The number of hydrogen-bond donors (Lipinski definition) is 1. The van der Waals surface area contributed by atoms with Crippen molar-refractivity contribution < 1.29 is 9.47 Å². The maximum Gasteiger partial charge on any atom is 0.174 e. The lowest BCUT2D eigenvalue weighted by Gasteiger charge is -2.19. The largest absolute Gasteiger partial charge is 0.380 e. The zero-order valence-electron chi connectivity index (χ0n) is 11.2. The number of ether oxygens (including phenoxy) is 2. The maximum absolute atomic E-state index is 5.49. The van der Waals surface area contributed by atoms with Gasteiger partial charge in [0.2, 0.25) is 0 Å². The summed E-state index contributed by atoms with van der Waals surface area (Å²) >= 11 is 0. The standard InChI is InChI=1S/C14H23NO2/c1-5-16-14(17-6-2)10-15-13-9-11(3)7-8-12(13)4/h7-9,14-15H,5-6,10H2,1-4H3. The molecule has 0 heterocycles. The fraction of sp³-hybridized carbons (Fsp3) is 0.571. The third-order valence-corrected chi connectivity index (χ3v) is 2.56. The van der Waals surface area contributed by atoms with Crippen LogP contribution in [0.4, 0.5) is 5.69 Å². The van der Waals surface area contributed by atoms with Crippen LogP contribution in [0.25, 0.3) is 0 Å². The van der Waals surface area contributed by atoms with Crippen LogP contribution in [0.15, 0.2) is 18.2 Å². The number of nitrogens with one attached hydrogen (secondary N) is 1. The van der Waals surface area contributed by atoms with Gasteiger partial charge in [-0.15, -0.1) is 0 Å². The van der Waals surface area contributed by atoms with Crippen molar-refractivity contribution in [1.29, 1.82) is 0 Å². The molecule has 0 unspecified atom stereocenters. The summed E-state index contributed by atoms with van der Waals surface area (Å²) < 4.78 is 11.0. The van der Waals surface area contributed by atoms with Gasteiger partial charge < -0.3 is 14.8 Å². The Bertz CT molecular complexity index is 333. The molecule has 0 spiro atoms. The molecule has 0 atom stereocenters. The van der Waals surface area contributed by atoms with Gasteiger partial charge in [0.15, 0.2) is 6.29 Å². The van der Waals surface area contributed by atoms with Gasteiger partial charge >= 0.3 is 0 Å². The van der Waals surface area contributed by atoms with Gasteiger partial charge in [-0.05, 0) is 44.9 Å². The van der Waals surface area contributed by atoms with Crippen molar-refractivity contribution in [3.8, 4) is 0 Å². The normalized spacial score (nSPS) is 10.9. The lowest BCUT2D eigenvalue weighted by atomic mass is 10.1. The molecule has 0 fully saturated rings. The predicted molar refractivity (Wildman–Crippen MR) is 71.4 cm³/mol. The smallest absolute Gasteiger partial charge is 0.174 e. The molecule has 0 aliphatic rings. The SMILES string of the molecule is CCOC(CNc1cc(C)ccc1C)OCC. The number of anilines is 1. The van der Waals surface area contributed by atoms with Crippen molar-refractivity contribution in [3.05, 3.63) is 29.3 Å². The summed E-state index contributed by atoms with van der Waals surface area (Å²) in [5, 5.41) is 3.37. The summed E-state index contributed by atoms with van der Waals surface area (Å²) in [5.41, 5.74) is 3.64. The van der Waals surface area contributed by atoms with Crippen LogP contribution < -0.4 is 5.32 Å². The molecular formula is C14H23NO2. The molecule has 0 aromatic heterocycles. The van der Waals surface area contributed by atoms with E-state index >= 15 is 0 Å². The van der Waals surface area contributed by atoms with Gasteiger partial charge in [0, 0.05) is 18.9 Å². The Morgan fingerprint density at radius 2 is 1.76 bits per heavy atom. The Kier molecular flexibility index (Phi) is 6.01. The summed E-state index contributed by atoms with van der Waals surface area (Å²) in [6, 6.07) is 6.38. The monoisotopic (exact) mass is 237 g/mol. The van der Waals surface area contributed by atoms with Gasteiger partial charge in [0.1, 0.15) is 0 Å². The Morgan fingerprint density at radius 3 is 2.35 bits per heavy atom. The average molecular weight is 237 g/mol. The predicted octanol–water partition coefficient (Wildman–Crippen LogP) is 3.11. The second-order valence-electron chi connectivity index (χ2n) is 4.04. The summed E-state index contributed by atoms with van der Waals surface area (Å²) in [7, 11) is 0. The number of aryl methyl sites for hydroxylation is 2. The minimum atomic E-state index is -0.176. The van der Waals surface area contributed by atoms with Crippen LogP contribution in [0, 0.1) is 13.8 Å². The molecule has 1 aromatic carbocycles. The number of hydrogen-bond acceptors (Lipinski definition) is 3. The number of benzene rings is 1. The van der Waals surface area contributed by atoms with Crippen molar-refractivity contribution >= 4 is 5.69 Å². The summed E-state index contributed by atoms with van der Waals surface area (Å²) in [4.78, 5) is 0. The van der Waals surface area contributed by atoms with Crippen LogP contribution in [0.2, 0.25) is 0 Å². The van der Waals surface area contributed by atoms with E-state index in [1.807, 2.05) is 13.8 Å². The fourth-order valence-corrected chi connectivity index (χ4v) is 1.66. The molecule has 0 amide bonds. The lowest BCUT2D eigenvalue weighted by molar-refractivity contribution is -0.126. The molecule has 1 N–H and O–H groups in total. The van der Waals surface area contributed by atoms with Gasteiger partial charge in [0.05, 0.1) is 6.54 Å². The van der Waals surface area contributed by atoms with E-state index in [2.05, 4.69) is 37.4 Å². The first kappa shape index (κ1) is 14.0. The number of rotatable bonds is 7. The molecule has 17 heavy (non-hydrogen) atoms. The second-order valence-corrected chi connectivity index (χ2v) is 4.04. The van der Waals surface area contributed by atoms with E-state index in [1.165, 1.54) is 11.1 Å². The van der Waals surface area contributed by atoms with E-state index in [0.717, 1.165) is 5.69 Å². The van der Waals surface area contributed by atoms with Crippen LogP contribution >= 0.6 is 0 Å². The highest BCUT2D eigenvalue weighted by molar-refractivity contribution is 5.52. The highest BCUT2D eigenvalue weighted by Crippen LogP contribution is 2.16. The van der Waals surface area contributed by atoms with E-state index in [1.54, 1.807) is 0 Å². The van der Waals surface area contributed by atoms with Crippen LogP contribution in [-0.4, -0.2) is 26.0 Å². The molecule has 3 heteroatoms. The molecule has 1 rings (SSSR count). The first-order valence-corrected chi connectivity index (χ1v) is 6.21. The Balaban J connectivity index is 2.55. The van der Waals surface area contributed by atoms with Gasteiger partial charge in [-0.25, -0.2) is 0 Å². The van der Waals surface area contributed by atoms with Crippen molar-refractivity contribution in [2.45, 2.75) is 34.0 Å². The van der Waals surface area contributed by atoms with Crippen molar-refractivity contribution in [1.82, 2.24) is 0 Å². The third kappa shape index (κ3) is 4.75. The molecule has 3 nitrogen and oxygen atoms in total. The fourth-order valence-electron chi connectivity index (χ4n) is 1.66. The molecule has 0 saturated carbocycles. The molecule has 0 bridgehead atoms. The molecule has 1 aromatic rings. The molecular weight excluding hydrogens is 214 g/mol. The zero-order chi connectivity index (χ0) is 12.7.